The molecule has 3 rings (SSSR count). The fraction of sp³-hybridized carbons (Fsp3) is 0.727. The number of nitrogens with zero attached hydrogens (tertiary/aromatic N) is 2. The molecule has 0 radical (unpaired) electrons. The van der Waals surface area contributed by atoms with Crippen LogP contribution in [0.4, 0.5) is 0 Å². The third-order valence-corrected chi connectivity index (χ3v) is 3.86. The van der Waals surface area contributed by atoms with Crippen molar-refractivity contribution in [3.8, 4) is 0 Å². The molecular weight excluding hydrogens is 220 g/mol. The zero-order chi connectivity index (χ0) is 11.8. The Morgan fingerprint density at radius 1 is 1.35 bits per heavy atom. The molecule has 0 unspecified atom stereocenters. The maximum absolute atomic E-state index is 12.3. The summed E-state index contributed by atoms with van der Waals surface area (Å²) in [6.45, 7) is 2.72. The molecule has 0 saturated carbocycles. The van der Waals surface area contributed by atoms with Crippen molar-refractivity contribution in [2.24, 2.45) is 11.0 Å². The van der Waals surface area contributed by atoms with Gasteiger partial charge in [0.2, 0.25) is 5.91 Å². The molecule has 6 nitrogen and oxygen atoms in total. The molecule has 0 aliphatic carbocycles. The van der Waals surface area contributed by atoms with Gasteiger partial charge in [0.1, 0.15) is 5.71 Å². The van der Waals surface area contributed by atoms with Gasteiger partial charge in [-0.1, -0.05) is 0 Å². The van der Waals surface area contributed by atoms with E-state index in [0.29, 0.717) is 30.5 Å². The minimum absolute atomic E-state index is 0.00111. The number of hydrogen-bond acceptors (Lipinski definition) is 4. The van der Waals surface area contributed by atoms with Crippen LogP contribution >= 0.6 is 0 Å². The molecule has 0 spiro atoms. The van der Waals surface area contributed by atoms with Crippen molar-refractivity contribution in [2.75, 3.05) is 19.6 Å². The third-order valence-electron chi connectivity index (χ3n) is 3.86. The summed E-state index contributed by atoms with van der Waals surface area (Å²) in [6, 6.07) is 0.322. The van der Waals surface area contributed by atoms with Gasteiger partial charge in [-0.25, -0.2) is 5.43 Å². The summed E-state index contributed by atoms with van der Waals surface area (Å²) in [5, 5.41) is 7.19. The van der Waals surface area contributed by atoms with Gasteiger partial charge in [-0.05, 0) is 12.3 Å². The molecule has 92 valence electrons. The van der Waals surface area contributed by atoms with Crippen LogP contribution < -0.4 is 10.7 Å². The summed E-state index contributed by atoms with van der Waals surface area (Å²) in [6.07, 6.45) is 1.90. The maximum atomic E-state index is 12.3. The summed E-state index contributed by atoms with van der Waals surface area (Å²) in [5.41, 5.74) is 2.88. The minimum atomic E-state index is -0.108. The second kappa shape index (κ2) is 4.10. The first-order valence-corrected chi connectivity index (χ1v) is 6.13. The third kappa shape index (κ3) is 1.82. The van der Waals surface area contributed by atoms with Crippen molar-refractivity contribution >= 4 is 17.5 Å². The molecule has 0 aromatic rings. The van der Waals surface area contributed by atoms with Crippen LogP contribution in [0.5, 0.6) is 0 Å². The molecule has 2 fully saturated rings. The van der Waals surface area contributed by atoms with Gasteiger partial charge >= 0.3 is 0 Å². The molecule has 2 N–H and O–H groups in total. The second-order valence-electron chi connectivity index (χ2n) is 4.87. The van der Waals surface area contributed by atoms with E-state index >= 15 is 0 Å². The van der Waals surface area contributed by atoms with Gasteiger partial charge in [-0.15, -0.1) is 0 Å². The van der Waals surface area contributed by atoms with E-state index in [1.165, 1.54) is 0 Å². The number of nitrogens with one attached hydrogen (secondary N) is 2. The van der Waals surface area contributed by atoms with Crippen LogP contribution in [0.3, 0.4) is 0 Å². The fourth-order valence-corrected chi connectivity index (χ4v) is 2.90. The van der Waals surface area contributed by atoms with Gasteiger partial charge in [-0.2, -0.15) is 5.10 Å². The first-order chi connectivity index (χ1) is 8.25. The number of fused-ring (bicyclic) bond motifs is 1. The second-order valence-corrected chi connectivity index (χ2v) is 4.87. The smallest absolute Gasteiger partial charge is 0.270 e. The van der Waals surface area contributed by atoms with Crippen LogP contribution in [0.15, 0.2) is 5.10 Å². The van der Waals surface area contributed by atoms with Crippen LogP contribution in [0.25, 0.3) is 0 Å². The lowest BCUT2D eigenvalue weighted by Gasteiger charge is -2.24. The Morgan fingerprint density at radius 2 is 2.24 bits per heavy atom. The molecule has 6 heteroatoms. The number of amides is 2. The molecule has 3 aliphatic heterocycles. The molecule has 17 heavy (non-hydrogen) atoms. The van der Waals surface area contributed by atoms with Crippen molar-refractivity contribution in [3.63, 3.8) is 0 Å². The molecule has 2 amide bonds. The van der Waals surface area contributed by atoms with Crippen LogP contribution in [-0.2, 0) is 9.59 Å². The van der Waals surface area contributed by atoms with Crippen molar-refractivity contribution in [1.29, 1.82) is 0 Å². The highest BCUT2D eigenvalue weighted by Gasteiger charge is 2.41. The summed E-state index contributed by atoms with van der Waals surface area (Å²) in [7, 11) is 0. The molecule has 2 atom stereocenters. The molecule has 3 heterocycles. The molecule has 0 aromatic carbocycles. The van der Waals surface area contributed by atoms with Crippen LogP contribution in [0.2, 0.25) is 0 Å². The minimum Gasteiger partial charge on any atom is -0.333 e. The predicted molar refractivity (Wildman–Crippen MR) is 61.3 cm³/mol. The summed E-state index contributed by atoms with van der Waals surface area (Å²) < 4.78 is 0. The molecular formula is C11H16N4O2. The zero-order valence-electron chi connectivity index (χ0n) is 9.61. The van der Waals surface area contributed by atoms with Crippen molar-refractivity contribution in [2.45, 2.75) is 25.3 Å². The van der Waals surface area contributed by atoms with E-state index in [0.717, 1.165) is 26.1 Å². The zero-order valence-corrected chi connectivity index (χ0v) is 9.61. The Kier molecular flexibility index (Phi) is 2.58. The van der Waals surface area contributed by atoms with Gasteiger partial charge in [0.25, 0.3) is 5.91 Å². The Balaban J connectivity index is 1.72. The lowest BCUT2D eigenvalue weighted by Crippen LogP contribution is -2.44. The number of rotatable bonds is 1. The van der Waals surface area contributed by atoms with Crippen molar-refractivity contribution < 1.29 is 9.59 Å². The Hall–Kier alpha value is -1.43. The van der Waals surface area contributed by atoms with Crippen LogP contribution in [-0.4, -0.2) is 48.1 Å². The summed E-state index contributed by atoms with van der Waals surface area (Å²) >= 11 is 0. The highest BCUT2D eigenvalue weighted by Crippen LogP contribution is 2.27. The number of hydrazone groups is 1. The van der Waals surface area contributed by atoms with Gasteiger partial charge in [0.15, 0.2) is 0 Å². The monoisotopic (exact) mass is 236 g/mol. The van der Waals surface area contributed by atoms with E-state index in [1.54, 1.807) is 0 Å². The van der Waals surface area contributed by atoms with Crippen molar-refractivity contribution in [3.05, 3.63) is 0 Å². The first-order valence-electron chi connectivity index (χ1n) is 6.13. The van der Waals surface area contributed by atoms with Gasteiger partial charge < -0.3 is 10.2 Å². The van der Waals surface area contributed by atoms with Crippen LogP contribution in [0, 0.1) is 5.92 Å². The van der Waals surface area contributed by atoms with Gasteiger partial charge in [0, 0.05) is 38.5 Å². The lowest BCUT2D eigenvalue weighted by molar-refractivity contribution is -0.125. The average Bonchev–Trinajstić information content (AvgIpc) is 2.90. The van der Waals surface area contributed by atoms with E-state index in [2.05, 4.69) is 15.8 Å². The highest BCUT2D eigenvalue weighted by atomic mass is 16.2. The largest absolute Gasteiger partial charge is 0.333 e. The topological polar surface area (TPSA) is 73.8 Å². The Labute approximate surface area is 99.4 Å². The Bertz CT molecular complexity index is 393. The average molecular weight is 236 g/mol. The highest BCUT2D eigenvalue weighted by molar-refractivity contribution is 6.39. The normalized spacial score (nSPS) is 32.1. The first kappa shape index (κ1) is 10.7. The van der Waals surface area contributed by atoms with E-state index < -0.39 is 0 Å². The van der Waals surface area contributed by atoms with Crippen LogP contribution in [0.1, 0.15) is 19.3 Å². The summed E-state index contributed by atoms with van der Waals surface area (Å²) in [5.74, 6) is 0.488. The SMILES string of the molecule is O=C1CCC(C(=O)N2CC[C@H]3CNC[C@H]32)=NN1. The fourth-order valence-electron chi connectivity index (χ4n) is 2.90. The standard InChI is InChI=1S/C11H16N4O2/c16-10-2-1-8(13-14-10)11(17)15-4-3-7-5-12-6-9(7)15/h7,9,12H,1-6H2,(H,14,16)/t7-,9+/m0/s1. The quantitative estimate of drug-likeness (QED) is 0.618. The number of hydrogen-bond donors (Lipinski definition) is 2. The van der Waals surface area contributed by atoms with E-state index in [1.807, 2.05) is 4.90 Å². The summed E-state index contributed by atoms with van der Waals surface area (Å²) in [4.78, 5) is 25.2. The van der Waals surface area contributed by atoms with Crippen molar-refractivity contribution in [1.82, 2.24) is 15.6 Å². The van der Waals surface area contributed by atoms with Gasteiger partial charge in [-0.3, -0.25) is 9.59 Å². The molecule has 3 aliphatic rings. The number of carbonyl (C=O) groups is 2. The lowest BCUT2D eigenvalue weighted by atomic mass is 10.0. The Morgan fingerprint density at radius 3 is 3.00 bits per heavy atom. The molecule has 0 bridgehead atoms. The van der Waals surface area contributed by atoms with E-state index in [9.17, 15) is 9.59 Å². The predicted octanol–water partition coefficient (Wildman–Crippen LogP) is -0.927. The molecule has 0 aromatic heterocycles. The van der Waals surface area contributed by atoms with E-state index in [4.69, 9.17) is 0 Å². The number of carbonyl (C=O) groups excluding carboxylic acids is 2. The maximum Gasteiger partial charge on any atom is 0.270 e. The molecule has 2 saturated heterocycles. The van der Waals surface area contributed by atoms with Gasteiger partial charge in [0.05, 0.1) is 0 Å². The van der Waals surface area contributed by atoms with E-state index in [-0.39, 0.29) is 11.8 Å². The number of likely N-dealkylation sites (tertiary alicyclic amines) is 1.